The van der Waals surface area contributed by atoms with Crippen molar-refractivity contribution in [1.82, 2.24) is 24.6 Å². The highest BCUT2D eigenvalue weighted by Crippen LogP contribution is 2.16. The van der Waals surface area contributed by atoms with Gasteiger partial charge in [-0.15, -0.1) is 5.10 Å². The van der Waals surface area contributed by atoms with Gasteiger partial charge < -0.3 is 9.64 Å². The lowest BCUT2D eigenvalue weighted by Gasteiger charge is -2.15. The van der Waals surface area contributed by atoms with Crippen LogP contribution in [0.5, 0.6) is 5.88 Å². The maximum Gasteiger partial charge on any atom is 0.261 e. The number of nitrogens with one attached hydrogen (secondary N) is 1. The summed E-state index contributed by atoms with van der Waals surface area (Å²) in [4.78, 5) is 33.2. The normalized spacial score (nSPS) is 10.1. The molecule has 0 aliphatic rings. The summed E-state index contributed by atoms with van der Waals surface area (Å²) >= 11 is 0. The second-order valence-corrected chi connectivity index (χ2v) is 4.51. The number of aromatic nitrogens is 4. The van der Waals surface area contributed by atoms with Crippen molar-refractivity contribution in [2.24, 2.45) is 7.05 Å². The van der Waals surface area contributed by atoms with Crippen LogP contribution in [0.2, 0.25) is 0 Å². The summed E-state index contributed by atoms with van der Waals surface area (Å²) in [5.41, 5.74) is 0.288. The summed E-state index contributed by atoms with van der Waals surface area (Å²) < 4.78 is 6.51. The van der Waals surface area contributed by atoms with E-state index in [1.807, 2.05) is 0 Å². The standard InChI is InChI=1S/C13H16N6O3/c1-18(8-10(20)16-13-14-5-4-6-15-13)12(21)9-7-19(2)17-11(9)22-3/h4-7H,8H2,1-3H3,(H,14,15,16,20). The van der Waals surface area contributed by atoms with Gasteiger partial charge in [0.25, 0.3) is 5.91 Å². The molecule has 0 unspecified atom stereocenters. The molecule has 0 saturated heterocycles. The Hall–Kier alpha value is -2.97. The van der Waals surface area contributed by atoms with E-state index in [4.69, 9.17) is 4.74 Å². The Morgan fingerprint density at radius 2 is 2.05 bits per heavy atom. The fourth-order valence-electron chi connectivity index (χ4n) is 1.79. The molecule has 2 rings (SSSR count). The molecule has 2 aromatic rings. The fourth-order valence-corrected chi connectivity index (χ4v) is 1.79. The molecule has 0 radical (unpaired) electrons. The Labute approximate surface area is 126 Å². The Bertz CT molecular complexity index is 670. The van der Waals surface area contributed by atoms with Crippen molar-refractivity contribution in [3.8, 4) is 5.88 Å². The number of likely N-dealkylation sites (N-methyl/N-ethyl adjacent to an activating group) is 1. The summed E-state index contributed by atoms with van der Waals surface area (Å²) in [7, 11) is 4.62. The van der Waals surface area contributed by atoms with Gasteiger partial charge in [0.05, 0.1) is 13.7 Å². The highest BCUT2D eigenvalue weighted by molar-refractivity contribution is 5.99. The van der Waals surface area contributed by atoms with Crippen LogP contribution in [-0.4, -0.2) is 57.2 Å². The van der Waals surface area contributed by atoms with Gasteiger partial charge in [-0.05, 0) is 6.07 Å². The number of ether oxygens (including phenoxy) is 1. The van der Waals surface area contributed by atoms with Crippen LogP contribution in [-0.2, 0) is 11.8 Å². The predicted octanol–water partition coefficient (Wildman–Crippen LogP) is -0.0706. The molecule has 0 bridgehead atoms. The number of hydrogen-bond acceptors (Lipinski definition) is 6. The van der Waals surface area contributed by atoms with Gasteiger partial charge in [0.15, 0.2) is 0 Å². The Kier molecular flexibility index (Phi) is 4.66. The topological polar surface area (TPSA) is 102 Å². The van der Waals surface area contributed by atoms with Crippen LogP contribution in [0, 0.1) is 0 Å². The van der Waals surface area contributed by atoms with Crippen molar-refractivity contribution in [3.05, 3.63) is 30.2 Å². The molecule has 1 N–H and O–H groups in total. The van der Waals surface area contributed by atoms with Crippen molar-refractivity contribution in [1.29, 1.82) is 0 Å². The lowest BCUT2D eigenvalue weighted by atomic mass is 10.3. The van der Waals surface area contributed by atoms with E-state index in [-0.39, 0.29) is 29.8 Å². The lowest BCUT2D eigenvalue weighted by molar-refractivity contribution is -0.116. The van der Waals surface area contributed by atoms with Crippen molar-refractivity contribution >= 4 is 17.8 Å². The van der Waals surface area contributed by atoms with Gasteiger partial charge in [-0.25, -0.2) is 9.97 Å². The maximum atomic E-state index is 12.3. The van der Waals surface area contributed by atoms with Crippen molar-refractivity contribution in [2.45, 2.75) is 0 Å². The minimum absolute atomic E-state index is 0.144. The molecule has 0 aromatic carbocycles. The minimum Gasteiger partial charge on any atom is -0.479 e. The van der Waals surface area contributed by atoms with Gasteiger partial charge in [-0.1, -0.05) is 0 Å². The molecule has 0 saturated carbocycles. The SMILES string of the molecule is COc1nn(C)cc1C(=O)N(C)CC(=O)Nc1ncccn1. The first-order valence-electron chi connectivity index (χ1n) is 6.41. The van der Waals surface area contributed by atoms with Gasteiger partial charge in [-0.3, -0.25) is 19.6 Å². The van der Waals surface area contributed by atoms with Crippen LogP contribution < -0.4 is 10.1 Å². The molecular formula is C13H16N6O3. The van der Waals surface area contributed by atoms with Crippen LogP contribution in [0.25, 0.3) is 0 Å². The third-order valence-corrected chi connectivity index (χ3v) is 2.76. The monoisotopic (exact) mass is 304 g/mol. The first kappa shape index (κ1) is 15.4. The molecular weight excluding hydrogens is 288 g/mol. The quantitative estimate of drug-likeness (QED) is 0.829. The van der Waals surface area contributed by atoms with Crippen LogP contribution in [0.4, 0.5) is 5.95 Å². The molecule has 0 spiro atoms. The first-order valence-corrected chi connectivity index (χ1v) is 6.41. The zero-order valence-corrected chi connectivity index (χ0v) is 12.5. The molecule has 9 nitrogen and oxygen atoms in total. The number of amides is 2. The molecule has 0 aliphatic heterocycles. The van der Waals surface area contributed by atoms with Gasteiger partial charge in [-0.2, -0.15) is 0 Å². The van der Waals surface area contributed by atoms with Gasteiger partial charge in [0, 0.05) is 32.7 Å². The Balaban J connectivity index is 2.00. The molecule has 2 aromatic heterocycles. The highest BCUT2D eigenvalue weighted by Gasteiger charge is 2.21. The van der Waals surface area contributed by atoms with Crippen molar-refractivity contribution < 1.29 is 14.3 Å². The lowest BCUT2D eigenvalue weighted by Crippen LogP contribution is -2.35. The summed E-state index contributed by atoms with van der Waals surface area (Å²) in [6, 6.07) is 1.64. The number of anilines is 1. The van der Waals surface area contributed by atoms with Crippen LogP contribution in [0.1, 0.15) is 10.4 Å². The smallest absolute Gasteiger partial charge is 0.261 e. The van der Waals surface area contributed by atoms with Gasteiger partial charge in [0.2, 0.25) is 17.7 Å². The zero-order chi connectivity index (χ0) is 16.1. The molecule has 2 amide bonds. The van der Waals surface area contributed by atoms with E-state index >= 15 is 0 Å². The van der Waals surface area contributed by atoms with E-state index in [0.717, 1.165) is 0 Å². The largest absolute Gasteiger partial charge is 0.479 e. The van der Waals surface area contributed by atoms with E-state index in [9.17, 15) is 9.59 Å². The molecule has 0 aliphatic carbocycles. The van der Waals surface area contributed by atoms with E-state index < -0.39 is 5.91 Å². The Morgan fingerprint density at radius 1 is 1.36 bits per heavy atom. The van der Waals surface area contributed by atoms with Gasteiger partial charge in [0.1, 0.15) is 5.56 Å². The fraction of sp³-hybridized carbons (Fsp3) is 0.308. The number of carbonyl (C=O) groups is 2. The summed E-state index contributed by atoms with van der Waals surface area (Å²) in [5.74, 6) is -0.363. The highest BCUT2D eigenvalue weighted by atomic mass is 16.5. The van der Waals surface area contributed by atoms with Crippen LogP contribution >= 0.6 is 0 Å². The molecule has 2 heterocycles. The molecule has 9 heteroatoms. The van der Waals surface area contributed by atoms with Crippen molar-refractivity contribution in [2.75, 3.05) is 26.0 Å². The molecule has 22 heavy (non-hydrogen) atoms. The summed E-state index contributed by atoms with van der Waals surface area (Å²) in [5, 5.41) is 6.51. The first-order chi connectivity index (χ1) is 10.5. The third kappa shape index (κ3) is 3.57. The Morgan fingerprint density at radius 3 is 2.68 bits per heavy atom. The molecule has 0 fully saturated rings. The van der Waals surface area contributed by atoms with Crippen molar-refractivity contribution in [3.63, 3.8) is 0 Å². The number of aryl methyl sites for hydroxylation is 1. The average molecular weight is 304 g/mol. The molecule has 0 atom stereocenters. The van der Waals surface area contributed by atoms with E-state index in [1.165, 1.54) is 42.3 Å². The van der Waals surface area contributed by atoms with E-state index in [1.54, 1.807) is 13.1 Å². The van der Waals surface area contributed by atoms with Crippen LogP contribution in [0.3, 0.4) is 0 Å². The summed E-state index contributed by atoms with van der Waals surface area (Å²) in [6.45, 7) is -0.144. The van der Waals surface area contributed by atoms with E-state index in [0.29, 0.717) is 0 Å². The predicted molar refractivity (Wildman–Crippen MR) is 77.4 cm³/mol. The maximum absolute atomic E-state index is 12.3. The second kappa shape index (κ2) is 6.66. The van der Waals surface area contributed by atoms with E-state index in [2.05, 4.69) is 20.4 Å². The third-order valence-electron chi connectivity index (χ3n) is 2.76. The number of carbonyl (C=O) groups excluding carboxylic acids is 2. The summed E-state index contributed by atoms with van der Waals surface area (Å²) in [6.07, 6.45) is 4.56. The number of nitrogens with zero attached hydrogens (tertiary/aromatic N) is 5. The van der Waals surface area contributed by atoms with Gasteiger partial charge >= 0.3 is 0 Å². The minimum atomic E-state index is -0.398. The molecule has 116 valence electrons. The number of methoxy groups -OCH3 is 1. The zero-order valence-electron chi connectivity index (χ0n) is 12.5. The van der Waals surface area contributed by atoms with Crippen LogP contribution in [0.15, 0.2) is 24.7 Å². The second-order valence-electron chi connectivity index (χ2n) is 4.51. The number of rotatable bonds is 5. The number of hydrogen-bond donors (Lipinski definition) is 1. The average Bonchev–Trinajstić information content (AvgIpc) is 2.88.